The molecule has 0 saturated carbocycles. The molecule has 5 heteroatoms. The highest BCUT2D eigenvalue weighted by molar-refractivity contribution is 5.94. The number of furan rings is 1. The summed E-state index contributed by atoms with van der Waals surface area (Å²) in [6.07, 6.45) is 1.50. The highest BCUT2D eigenvalue weighted by atomic mass is 16.3. The number of rotatable bonds is 5. The molecule has 2 aromatic rings. The average molecular weight is 273 g/mol. The van der Waals surface area contributed by atoms with Gasteiger partial charge in [0.1, 0.15) is 5.76 Å². The maximum atomic E-state index is 11.6. The van der Waals surface area contributed by atoms with Crippen molar-refractivity contribution in [1.29, 1.82) is 0 Å². The van der Waals surface area contributed by atoms with Crippen molar-refractivity contribution in [3.63, 3.8) is 0 Å². The lowest BCUT2D eigenvalue weighted by molar-refractivity contribution is 0.0950. The number of amides is 1. The third-order valence-electron chi connectivity index (χ3n) is 3.11. The maximum absolute atomic E-state index is 11.6. The Morgan fingerprint density at radius 2 is 1.95 bits per heavy atom. The lowest BCUT2D eigenvalue weighted by Crippen LogP contribution is -2.31. The molecule has 106 valence electrons. The van der Waals surface area contributed by atoms with Gasteiger partial charge in [-0.05, 0) is 25.6 Å². The summed E-state index contributed by atoms with van der Waals surface area (Å²) in [6.45, 7) is 3.39. The fourth-order valence-electron chi connectivity index (χ4n) is 2.05. The number of hydrogen-bond acceptors (Lipinski definition) is 4. The molecule has 1 aromatic heterocycles. The van der Waals surface area contributed by atoms with Crippen LogP contribution in [0.1, 0.15) is 27.2 Å². The van der Waals surface area contributed by atoms with Crippen LogP contribution in [0, 0.1) is 6.92 Å². The number of nitrogens with one attached hydrogen (secondary N) is 1. The molecule has 0 fully saturated rings. The lowest BCUT2D eigenvalue weighted by Gasteiger charge is -2.16. The number of carbonyl (C=O) groups is 1. The molecule has 5 nitrogen and oxygen atoms in total. The summed E-state index contributed by atoms with van der Waals surface area (Å²) in [6, 6.07) is 9.99. The van der Waals surface area contributed by atoms with Crippen LogP contribution in [-0.2, 0) is 13.1 Å². The van der Waals surface area contributed by atoms with E-state index >= 15 is 0 Å². The van der Waals surface area contributed by atoms with Gasteiger partial charge in [0.25, 0.3) is 5.91 Å². The van der Waals surface area contributed by atoms with Crippen LogP contribution >= 0.6 is 0 Å². The molecule has 0 unspecified atom stereocenters. The Balaban J connectivity index is 2.01. The average Bonchev–Trinajstić information content (AvgIpc) is 2.88. The van der Waals surface area contributed by atoms with Crippen LogP contribution in [0.25, 0.3) is 0 Å². The summed E-state index contributed by atoms with van der Waals surface area (Å²) in [5.74, 6) is 5.42. The van der Waals surface area contributed by atoms with E-state index in [1.165, 1.54) is 17.4 Å². The van der Waals surface area contributed by atoms with Gasteiger partial charge in [-0.15, -0.1) is 0 Å². The molecule has 1 aromatic carbocycles. The Hall–Kier alpha value is -2.11. The highest BCUT2D eigenvalue weighted by Crippen LogP contribution is 2.14. The topological polar surface area (TPSA) is 71.5 Å². The van der Waals surface area contributed by atoms with Crippen molar-refractivity contribution in [3.8, 4) is 0 Å². The van der Waals surface area contributed by atoms with Crippen LogP contribution in [0.4, 0.5) is 0 Å². The van der Waals surface area contributed by atoms with Crippen LogP contribution in [0.15, 0.2) is 41.0 Å². The van der Waals surface area contributed by atoms with Crippen molar-refractivity contribution in [1.82, 2.24) is 10.3 Å². The van der Waals surface area contributed by atoms with Crippen LogP contribution < -0.4 is 11.3 Å². The number of hydrazine groups is 1. The Morgan fingerprint density at radius 3 is 2.60 bits per heavy atom. The highest BCUT2D eigenvalue weighted by Gasteiger charge is 2.15. The van der Waals surface area contributed by atoms with Gasteiger partial charge in [0.2, 0.25) is 0 Å². The van der Waals surface area contributed by atoms with Crippen molar-refractivity contribution in [2.45, 2.75) is 20.0 Å². The van der Waals surface area contributed by atoms with E-state index in [9.17, 15) is 4.79 Å². The Labute approximate surface area is 118 Å². The number of aryl methyl sites for hydroxylation is 1. The van der Waals surface area contributed by atoms with Crippen molar-refractivity contribution in [2.75, 3.05) is 7.05 Å². The van der Waals surface area contributed by atoms with Gasteiger partial charge < -0.3 is 4.42 Å². The molecule has 0 spiro atoms. The van der Waals surface area contributed by atoms with Gasteiger partial charge in [-0.3, -0.25) is 15.1 Å². The number of hydrogen-bond donors (Lipinski definition) is 2. The minimum Gasteiger partial charge on any atom is -0.467 e. The molecule has 20 heavy (non-hydrogen) atoms. The van der Waals surface area contributed by atoms with E-state index in [1.54, 1.807) is 6.07 Å². The molecular weight excluding hydrogens is 254 g/mol. The first kappa shape index (κ1) is 14.3. The monoisotopic (exact) mass is 273 g/mol. The Morgan fingerprint density at radius 1 is 1.25 bits per heavy atom. The van der Waals surface area contributed by atoms with E-state index in [0.29, 0.717) is 17.9 Å². The van der Waals surface area contributed by atoms with E-state index in [2.05, 4.69) is 41.5 Å². The van der Waals surface area contributed by atoms with Gasteiger partial charge in [-0.1, -0.05) is 29.8 Å². The molecule has 0 radical (unpaired) electrons. The normalized spacial score (nSPS) is 10.8. The van der Waals surface area contributed by atoms with Crippen molar-refractivity contribution < 1.29 is 9.21 Å². The molecule has 0 bridgehead atoms. The van der Waals surface area contributed by atoms with Gasteiger partial charge in [-0.25, -0.2) is 5.84 Å². The molecular formula is C15H19N3O2. The number of nitrogens with zero attached hydrogens (tertiary/aromatic N) is 1. The number of nitrogens with two attached hydrogens (primary N) is 1. The van der Waals surface area contributed by atoms with Crippen molar-refractivity contribution >= 4 is 5.91 Å². The minimum absolute atomic E-state index is 0.336. The molecule has 2 rings (SSSR count). The summed E-state index contributed by atoms with van der Waals surface area (Å²) < 4.78 is 5.36. The third kappa shape index (κ3) is 3.46. The molecule has 1 amide bonds. The first-order valence-electron chi connectivity index (χ1n) is 6.41. The Bertz CT molecular complexity index is 575. The van der Waals surface area contributed by atoms with Gasteiger partial charge >= 0.3 is 0 Å². The second-order valence-corrected chi connectivity index (χ2v) is 4.89. The van der Waals surface area contributed by atoms with Crippen LogP contribution in [-0.4, -0.2) is 17.9 Å². The van der Waals surface area contributed by atoms with E-state index in [-0.39, 0.29) is 5.91 Å². The standard InChI is InChI=1S/C15H19N3O2/c1-11-3-5-12(6-4-11)9-18(2)10-14-13(7-8-20-14)15(19)17-16/h3-8H,9-10,16H2,1-2H3,(H,17,19). The van der Waals surface area contributed by atoms with E-state index in [0.717, 1.165) is 6.54 Å². The van der Waals surface area contributed by atoms with E-state index in [4.69, 9.17) is 10.3 Å². The molecule has 1 heterocycles. The first-order chi connectivity index (χ1) is 9.60. The maximum Gasteiger partial charge on any atom is 0.268 e. The van der Waals surface area contributed by atoms with Crippen molar-refractivity contribution in [2.24, 2.45) is 5.84 Å². The predicted molar refractivity (Wildman–Crippen MR) is 76.7 cm³/mol. The van der Waals surface area contributed by atoms with Crippen molar-refractivity contribution in [3.05, 3.63) is 59.0 Å². The second kappa shape index (κ2) is 6.36. The fourth-order valence-corrected chi connectivity index (χ4v) is 2.05. The fraction of sp³-hybridized carbons (Fsp3) is 0.267. The van der Waals surface area contributed by atoms with Crippen LogP contribution in [0.5, 0.6) is 0 Å². The van der Waals surface area contributed by atoms with Crippen LogP contribution in [0.2, 0.25) is 0 Å². The number of nitrogen functional groups attached to an aromatic ring is 1. The zero-order valence-electron chi connectivity index (χ0n) is 11.7. The largest absolute Gasteiger partial charge is 0.467 e. The smallest absolute Gasteiger partial charge is 0.268 e. The lowest BCUT2D eigenvalue weighted by atomic mass is 10.1. The molecule has 0 aliphatic heterocycles. The number of benzene rings is 1. The summed E-state index contributed by atoms with van der Waals surface area (Å²) in [5.41, 5.74) is 5.05. The van der Waals surface area contributed by atoms with Gasteiger partial charge in [0.15, 0.2) is 0 Å². The summed E-state index contributed by atoms with van der Waals surface area (Å²) in [4.78, 5) is 13.6. The zero-order valence-corrected chi connectivity index (χ0v) is 11.7. The Kier molecular flexibility index (Phi) is 4.55. The predicted octanol–water partition coefficient (Wildman–Crippen LogP) is 1.82. The molecule has 0 saturated heterocycles. The number of carbonyl (C=O) groups excluding carboxylic acids is 1. The molecule has 0 aliphatic carbocycles. The minimum atomic E-state index is -0.336. The first-order valence-corrected chi connectivity index (χ1v) is 6.41. The molecule has 0 aliphatic rings. The van der Waals surface area contributed by atoms with E-state index in [1.807, 2.05) is 7.05 Å². The summed E-state index contributed by atoms with van der Waals surface area (Å²) in [5, 5.41) is 0. The van der Waals surface area contributed by atoms with Gasteiger partial charge in [-0.2, -0.15) is 0 Å². The molecule has 0 atom stereocenters. The van der Waals surface area contributed by atoms with Crippen LogP contribution in [0.3, 0.4) is 0 Å². The third-order valence-corrected chi connectivity index (χ3v) is 3.11. The SMILES string of the molecule is Cc1ccc(CN(C)Cc2occc2C(=O)NN)cc1. The van der Waals surface area contributed by atoms with Gasteiger partial charge in [0.05, 0.1) is 18.4 Å². The second-order valence-electron chi connectivity index (χ2n) is 4.89. The summed E-state index contributed by atoms with van der Waals surface area (Å²) >= 11 is 0. The quantitative estimate of drug-likeness (QED) is 0.495. The van der Waals surface area contributed by atoms with Gasteiger partial charge in [0, 0.05) is 6.54 Å². The van der Waals surface area contributed by atoms with E-state index < -0.39 is 0 Å². The zero-order chi connectivity index (χ0) is 14.5. The molecule has 3 N–H and O–H groups in total. The summed E-state index contributed by atoms with van der Waals surface area (Å²) in [7, 11) is 1.98.